The van der Waals surface area contributed by atoms with E-state index in [9.17, 15) is 9.90 Å². The fraction of sp³-hybridized carbons (Fsp3) is 0.889. The van der Waals surface area contributed by atoms with E-state index in [0.717, 1.165) is 12.8 Å². The summed E-state index contributed by atoms with van der Waals surface area (Å²) in [5, 5.41) is 9.70. The molecule has 0 bridgehead atoms. The fourth-order valence-corrected chi connectivity index (χ4v) is 2.27. The second kappa shape index (κ2) is 2.54. The third-order valence-electron chi connectivity index (χ3n) is 3.02. The lowest BCUT2D eigenvalue weighted by molar-refractivity contribution is -0.196. The molecule has 1 N–H and O–H groups in total. The van der Waals surface area contributed by atoms with Crippen LogP contribution in [0, 0.1) is 5.92 Å². The van der Waals surface area contributed by atoms with Gasteiger partial charge in [-0.25, -0.2) is 0 Å². The van der Waals surface area contributed by atoms with E-state index in [2.05, 4.69) is 0 Å². The van der Waals surface area contributed by atoms with Crippen LogP contribution in [0.15, 0.2) is 0 Å². The van der Waals surface area contributed by atoms with Crippen molar-refractivity contribution in [1.29, 1.82) is 0 Å². The van der Waals surface area contributed by atoms with Crippen molar-refractivity contribution in [2.24, 2.45) is 5.92 Å². The number of Topliss-reactive ketones (excluding diaryl/α,β-unsaturated/α-hetero) is 1. The number of carbonyl (C=O) groups excluding carboxylic acids is 1. The second-order valence-corrected chi connectivity index (χ2v) is 3.89. The van der Waals surface area contributed by atoms with E-state index in [4.69, 9.17) is 4.74 Å². The molecule has 0 aromatic heterocycles. The molecule has 3 nitrogen and oxygen atoms in total. The van der Waals surface area contributed by atoms with Crippen LogP contribution in [0.25, 0.3) is 0 Å². The van der Waals surface area contributed by atoms with Crippen molar-refractivity contribution in [1.82, 2.24) is 0 Å². The van der Waals surface area contributed by atoms with Crippen molar-refractivity contribution in [2.45, 2.75) is 44.5 Å². The molecule has 0 spiro atoms. The predicted octanol–water partition coefficient (Wildman–Crippen LogP) is 0.853. The summed E-state index contributed by atoms with van der Waals surface area (Å²) in [4.78, 5) is 11.0. The van der Waals surface area contributed by atoms with Crippen molar-refractivity contribution in [3.05, 3.63) is 0 Å². The Kier molecular flexibility index (Phi) is 1.73. The third-order valence-corrected chi connectivity index (χ3v) is 3.02. The topological polar surface area (TPSA) is 46.5 Å². The minimum absolute atomic E-state index is 0.138. The summed E-state index contributed by atoms with van der Waals surface area (Å²) in [6.07, 6.45) is 3.91. The molecule has 12 heavy (non-hydrogen) atoms. The van der Waals surface area contributed by atoms with Gasteiger partial charge < -0.3 is 9.84 Å². The Hall–Kier alpha value is -0.410. The Bertz CT molecular complexity index is 200. The number of ketones is 1. The molecule has 1 aliphatic heterocycles. The lowest BCUT2D eigenvalue weighted by atomic mass is 9.98. The molecule has 1 aliphatic carbocycles. The molecular weight excluding hydrogens is 156 g/mol. The first-order chi connectivity index (χ1) is 5.62. The van der Waals surface area contributed by atoms with E-state index in [1.807, 2.05) is 0 Å². The molecule has 0 amide bonds. The average Bonchev–Trinajstić information content (AvgIpc) is 2.44. The van der Waals surface area contributed by atoms with Crippen molar-refractivity contribution in [3.63, 3.8) is 0 Å². The van der Waals surface area contributed by atoms with E-state index in [1.165, 1.54) is 13.3 Å². The van der Waals surface area contributed by atoms with Gasteiger partial charge in [-0.2, -0.15) is 0 Å². The maximum Gasteiger partial charge on any atom is 0.226 e. The first kappa shape index (κ1) is 8.20. The monoisotopic (exact) mass is 170 g/mol. The third kappa shape index (κ3) is 1.08. The summed E-state index contributed by atoms with van der Waals surface area (Å²) < 4.78 is 5.34. The number of aliphatic hydroxyl groups is 1. The molecule has 1 heterocycles. The van der Waals surface area contributed by atoms with Gasteiger partial charge in [0.1, 0.15) is 0 Å². The van der Waals surface area contributed by atoms with E-state index in [1.54, 1.807) is 0 Å². The molecule has 1 saturated carbocycles. The smallest absolute Gasteiger partial charge is 0.226 e. The lowest BCUT2D eigenvalue weighted by Crippen LogP contribution is -2.36. The highest BCUT2D eigenvalue weighted by molar-refractivity contribution is 5.83. The Morgan fingerprint density at radius 3 is 2.92 bits per heavy atom. The van der Waals surface area contributed by atoms with Gasteiger partial charge >= 0.3 is 0 Å². The molecular formula is C9H14O3. The van der Waals surface area contributed by atoms with Gasteiger partial charge in [-0.3, -0.25) is 4.79 Å². The Morgan fingerprint density at radius 2 is 2.33 bits per heavy atom. The van der Waals surface area contributed by atoms with Gasteiger partial charge in [0.15, 0.2) is 5.78 Å². The number of fused-ring (bicyclic) bond motifs is 1. The summed E-state index contributed by atoms with van der Waals surface area (Å²) in [6, 6.07) is 0. The quantitative estimate of drug-likeness (QED) is 0.634. The molecule has 0 aromatic carbocycles. The van der Waals surface area contributed by atoms with E-state index >= 15 is 0 Å². The zero-order valence-electron chi connectivity index (χ0n) is 7.25. The molecule has 2 fully saturated rings. The van der Waals surface area contributed by atoms with Gasteiger partial charge in [0.2, 0.25) is 5.79 Å². The number of hydrogen-bond donors (Lipinski definition) is 1. The van der Waals surface area contributed by atoms with Gasteiger partial charge in [0, 0.05) is 13.3 Å². The largest absolute Gasteiger partial charge is 0.360 e. The van der Waals surface area contributed by atoms with Crippen LogP contribution in [0.4, 0.5) is 0 Å². The van der Waals surface area contributed by atoms with Gasteiger partial charge in [0.25, 0.3) is 0 Å². The Labute approximate surface area is 71.7 Å². The van der Waals surface area contributed by atoms with Crippen LogP contribution >= 0.6 is 0 Å². The van der Waals surface area contributed by atoms with Crippen LogP contribution in [0.3, 0.4) is 0 Å². The first-order valence-corrected chi connectivity index (χ1v) is 4.53. The normalized spacial score (nSPS) is 46.2. The van der Waals surface area contributed by atoms with E-state index < -0.39 is 5.79 Å². The number of ether oxygens (including phenoxy) is 1. The molecule has 3 unspecified atom stereocenters. The molecule has 1 saturated heterocycles. The zero-order valence-corrected chi connectivity index (χ0v) is 7.25. The van der Waals surface area contributed by atoms with Crippen molar-refractivity contribution < 1.29 is 14.6 Å². The van der Waals surface area contributed by atoms with Crippen molar-refractivity contribution in [2.75, 3.05) is 0 Å². The predicted molar refractivity (Wildman–Crippen MR) is 42.5 cm³/mol. The molecule has 2 aliphatic rings. The van der Waals surface area contributed by atoms with Crippen LogP contribution in [-0.4, -0.2) is 22.8 Å². The van der Waals surface area contributed by atoms with Crippen LogP contribution in [0.1, 0.15) is 32.6 Å². The lowest BCUT2D eigenvalue weighted by Gasteiger charge is -2.19. The highest BCUT2D eigenvalue weighted by Crippen LogP contribution is 2.43. The van der Waals surface area contributed by atoms with Gasteiger partial charge in [-0.1, -0.05) is 6.42 Å². The number of hydrogen-bond acceptors (Lipinski definition) is 3. The number of carbonyl (C=O) groups is 1. The fourth-order valence-electron chi connectivity index (χ4n) is 2.27. The van der Waals surface area contributed by atoms with Crippen LogP contribution in [-0.2, 0) is 9.53 Å². The Balaban J connectivity index is 2.11. The molecule has 3 atom stereocenters. The molecule has 0 radical (unpaired) electrons. The minimum Gasteiger partial charge on any atom is -0.360 e. The molecule has 68 valence electrons. The maximum absolute atomic E-state index is 11.0. The molecule has 0 aromatic rings. The van der Waals surface area contributed by atoms with Gasteiger partial charge in [0.05, 0.1) is 6.10 Å². The molecule has 2 rings (SSSR count). The minimum atomic E-state index is -1.45. The zero-order chi connectivity index (χ0) is 8.77. The van der Waals surface area contributed by atoms with Gasteiger partial charge in [-0.05, 0) is 18.8 Å². The summed E-state index contributed by atoms with van der Waals surface area (Å²) in [7, 11) is 0. The highest BCUT2D eigenvalue weighted by atomic mass is 16.6. The van der Waals surface area contributed by atoms with E-state index in [0.29, 0.717) is 12.3 Å². The summed E-state index contributed by atoms with van der Waals surface area (Å²) in [6.45, 7) is 1.39. The average molecular weight is 170 g/mol. The first-order valence-electron chi connectivity index (χ1n) is 4.53. The number of rotatable bonds is 1. The summed E-state index contributed by atoms with van der Waals surface area (Å²) in [5.74, 6) is -1.29. The van der Waals surface area contributed by atoms with Crippen molar-refractivity contribution >= 4 is 5.78 Å². The summed E-state index contributed by atoms with van der Waals surface area (Å²) in [5.41, 5.74) is 0. The van der Waals surface area contributed by atoms with Gasteiger partial charge in [-0.15, -0.1) is 0 Å². The molecule has 3 heteroatoms. The standard InChI is InChI=1S/C9H14O3/c1-6(10)9(11)5-7-3-2-4-8(7)12-9/h7-8,11H,2-5H2,1H3. The van der Waals surface area contributed by atoms with Crippen LogP contribution in [0.2, 0.25) is 0 Å². The van der Waals surface area contributed by atoms with Crippen molar-refractivity contribution in [3.8, 4) is 0 Å². The Morgan fingerprint density at radius 1 is 1.58 bits per heavy atom. The highest BCUT2D eigenvalue weighted by Gasteiger charge is 2.49. The van der Waals surface area contributed by atoms with Crippen LogP contribution < -0.4 is 0 Å². The second-order valence-electron chi connectivity index (χ2n) is 3.89. The SMILES string of the molecule is CC(=O)C1(O)CC2CCCC2O1. The van der Waals surface area contributed by atoms with E-state index in [-0.39, 0.29) is 11.9 Å². The summed E-state index contributed by atoms with van der Waals surface area (Å²) >= 11 is 0. The maximum atomic E-state index is 11.0. The van der Waals surface area contributed by atoms with Crippen LogP contribution in [0.5, 0.6) is 0 Å².